The van der Waals surface area contributed by atoms with Crippen LogP contribution < -0.4 is 10.1 Å². The van der Waals surface area contributed by atoms with Gasteiger partial charge in [0.15, 0.2) is 5.75 Å². The van der Waals surface area contributed by atoms with Gasteiger partial charge >= 0.3 is 6.36 Å². The molecule has 0 amide bonds. The summed E-state index contributed by atoms with van der Waals surface area (Å²) >= 11 is 3.18. The largest absolute Gasteiger partial charge is 0.573 e. The summed E-state index contributed by atoms with van der Waals surface area (Å²) in [5.41, 5.74) is 0.736. The van der Waals surface area contributed by atoms with E-state index in [1.165, 1.54) is 18.2 Å². The molecule has 0 bridgehead atoms. The van der Waals surface area contributed by atoms with Crippen molar-refractivity contribution in [3.8, 4) is 11.5 Å². The Morgan fingerprint density at radius 1 is 1.10 bits per heavy atom. The highest BCUT2D eigenvalue weighted by Gasteiger charge is 2.32. The van der Waals surface area contributed by atoms with Crippen LogP contribution in [0.1, 0.15) is 5.56 Å². The van der Waals surface area contributed by atoms with E-state index in [1.54, 1.807) is 24.3 Å². The van der Waals surface area contributed by atoms with Gasteiger partial charge in [0, 0.05) is 12.1 Å². The molecule has 0 aromatic heterocycles. The van der Waals surface area contributed by atoms with Gasteiger partial charge in [-0.1, -0.05) is 24.3 Å². The van der Waals surface area contributed by atoms with E-state index < -0.39 is 6.36 Å². The van der Waals surface area contributed by atoms with Crippen LogP contribution >= 0.6 is 15.9 Å². The van der Waals surface area contributed by atoms with E-state index in [9.17, 15) is 18.3 Å². The van der Waals surface area contributed by atoms with Crippen LogP contribution in [0.3, 0.4) is 0 Å². The second kappa shape index (κ2) is 6.26. The van der Waals surface area contributed by atoms with Crippen LogP contribution in [-0.2, 0) is 6.54 Å². The lowest BCUT2D eigenvalue weighted by molar-refractivity contribution is -0.274. The first-order valence-electron chi connectivity index (χ1n) is 5.92. The molecule has 3 nitrogen and oxygen atoms in total. The molecule has 0 saturated carbocycles. The number of hydrogen-bond donors (Lipinski definition) is 2. The molecule has 0 aliphatic heterocycles. The zero-order valence-corrected chi connectivity index (χ0v) is 12.2. The average Bonchev–Trinajstić information content (AvgIpc) is 2.40. The smallest absolute Gasteiger partial charge is 0.506 e. The number of aromatic hydroxyl groups is 1. The molecule has 7 heteroatoms. The molecule has 0 spiro atoms. The van der Waals surface area contributed by atoms with Crippen molar-refractivity contribution in [2.45, 2.75) is 12.9 Å². The Labute approximate surface area is 127 Å². The predicted molar refractivity (Wildman–Crippen MR) is 76.3 cm³/mol. The molecule has 112 valence electrons. The molecule has 0 saturated heterocycles. The Bertz CT molecular complexity index is 632. The molecule has 0 aliphatic carbocycles. The molecule has 2 aromatic rings. The Morgan fingerprint density at radius 3 is 2.52 bits per heavy atom. The number of rotatable bonds is 4. The van der Waals surface area contributed by atoms with E-state index in [2.05, 4.69) is 26.0 Å². The van der Waals surface area contributed by atoms with Crippen LogP contribution in [0.2, 0.25) is 0 Å². The quantitative estimate of drug-likeness (QED) is 0.831. The van der Waals surface area contributed by atoms with Crippen molar-refractivity contribution in [3.63, 3.8) is 0 Å². The van der Waals surface area contributed by atoms with Gasteiger partial charge in [0.05, 0.1) is 10.2 Å². The zero-order chi connectivity index (χ0) is 15.5. The maximum atomic E-state index is 12.3. The number of nitrogens with one attached hydrogen (secondary N) is 1. The van der Waals surface area contributed by atoms with Crippen molar-refractivity contribution in [3.05, 3.63) is 52.5 Å². The van der Waals surface area contributed by atoms with Crippen LogP contribution in [0.5, 0.6) is 11.5 Å². The normalized spacial score (nSPS) is 11.2. The molecule has 21 heavy (non-hydrogen) atoms. The fourth-order valence-corrected chi connectivity index (χ4v) is 2.13. The summed E-state index contributed by atoms with van der Waals surface area (Å²) in [6, 6.07) is 10.8. The molecule has 0 fully saturated rings. The second-order valence-electron chi connectivity index (χ2n) is 4.15. The fourth-order valence-electron chi connectivity index (χ4n) is 1.72. The van der Waals surface area contributed by atoms with Crippen molar-refractivity contribution in [2.75, 3.05) is 5.32 Å². The van der Waals surface area contributed by atoms with Gasteiger partial charge in [0.25, 0.3) is 0 Å². The molecule has 0 unspecified atom stereocenters. The first kappa shape index (κ1) is 15.5. The van der Waals surface area contributed by atoms with Crippen LogP contribution in [0, 0.1) is 0 Å². The van der Waals surface area contributed by atoms with E-state index in [0.29, 0.717) is 10.0 Å². The standard InChI is InChI=1S/C14H11BrF3NO2/c15-10-5-3-4-9(13(10)20)8-19-11-6-1-2-7-12(11)21-14(16,17)18/h1-7,19-20H,8H2. The van der Waals surface area contributed by atoms with Crippen LogP contribution in [0.15, 0.2) is 46.9 Å². The summed E-state index contributed by atoms with van der Waals surface area (Å²) in [4.78, 5) is 0. The van der Waals surface area contributed by atoms with Gasteiger partial charge in [-0.2, -0.15) is 0 Å². The summed E-state index contributed by atoms with van der Waals surface area (Å²) in [6.07, 6.45) is -4.75. The third-order valence-corrected chi connectivity index (χ3v) is 3.29. The third-order valence-electron chi connectivity index (χ3n) is 2.65. The average molecular weight is 362 g/mol. The Kier molecular flexibility index (Phi) is 4.62. The Hall–Kier alpha value is -1.89. The maximum Gasteiger partial charge on any atom is 0.573 e. The predicted octanol–water partition coefficient (Wildman–Crippen LogP) is 4.67. The summed E-state index contributed by atoms with van der Waals surface area (Å²) in [6.45, 7) is 0.156. The summed E-state index contributed by atoms with van der Waals surface area (Å²) < 4.78 is 41.4. The SMILES string of the molecule is Oc1c(Br)cccc1CNc1ccccc1OC(F)(F)F. The van der Waals surface area contributed by atoms with Gasteiger partial charge in [0.1, 0.15) is 5.75 Å². The minimum Gasteiger partial charge on any atom is -0.506 e. The van der Waals surface area contributed by atoms with E-state index in [1.807, 2.05) is 0 Å². The van der Waals surface area contributed by atoms with E-state index in [-0.39, 0.29) is 23.7 Å². The number of halogens is 4. The van der Waals surface area contributed by atoms with Crippen molar-refractivity contribution in [2.24, 2.45) is 0 Å². The first-order chi connectivity index (χ1) is 9.87. The fraction of sp³-hybridized carbons (Fsp3) is 0.143. The van der Waals surface area contributed by atoms with E-state index in [0.717, 1.165) is 0 Å². The monoisotopic (exact) mass is 361 g/mol. The molecule has 0 atom stereocenters. The van der Waals surface area contributed by atoms with Crippen molar-refractivity contribution >= 4 is 21.6 Å². The van der Waals surface area contributed by atoms with Gasteiger partial charge in [-0.25, -0.2) is 0 Å². The Balaban J connectivity index is 2.15. The minimum absolute atomic E-state index is 0.0409. The van der Waals surface area contributed by atoms with Crippen molar-refractivity contribution in [1.82, 2.24) is 0 Å². The molecule has 2 aromatic carbocycles. The molecular formula is C14H11BrF3NO2. The highest BCUT2D eigenvalue weighted by Crippen LogP contribution is 2.32. The molecule has 0 aliphatic rings. The number of para-hydroxylation sites is 3. The van der Waals surface area contributed by atoms with Crippen LogP contribution in [-0.4, -0.2) is 11.5 Å². The maximum absolute atomic E-state index is 12.3. The summed E-state index contributed by atoms with van der Waals surface area (Å²) in [5.74, 6) is -0.279. The van der Waals surface area contributed by atoms with Crippen molar-refractivity contribution in [1.29, 1.82) is 0 Å². The third kappa shape index (κ3) is 4.29. The Morgan fingerprint density at radius 2 is 1.81 bits per heavy atom. The van der Waals surface area contributed by atoms with E-state index in [4.69, 9.17) is 0 Å². The van der Waals surface area contributed by atoms with Gasteiger partial charge in [-0.3, -0.25) is 0 Å². The van der Waals surface area contributed by atoms with Gasteiger partial charge < -0.3 is 15.2 Å². The van der Waals surface area contributed by atoms with Gasteiger partial charge in [-0.15, -0.1) is 13.2 Å². The lowest BCUT2D eigenvalue weighted by atomic mass is 10.2. The summed E-state index contributed by atoms with van der Waals surface area (Å²) in [5, 5.41) is 12.6. The minimum atomic E-state index is -4.75. The second-order valence-corrected chi connectivity index (χ2v) is 5.00. The molecule has 0 heterocycles. The van der Waals surface area contributed by atoms with Crippen LogP contribution in [0.4, 0.5) is 18.9 Å². The van der Waals surface area contributed by atoms with Crippen LogP contribution in [0.25, 0.3) is 0 Å². The molecular weight excluding hydrogens is 351 g/mol. The zero-order valence-electron chi connectivity index (χ0n) is 10.6. The number of hydrogen-bond acceptors (Lipinski definition) is 3. The highest BCUT2D eigenvalue weighted by atomic mass is 79.9. The van der Waals surface area contributed by atoms with Crippen molar-refractivity contribution < 1.29 is 23.0 Å². The summed E-state index contributed by atoms with van der Waals surface area (Å²) in [7, 11) is 0. The number of anilines is 1. The highest BCUT2D eigenvalue weighted by molar-refractivity contribution is 9.10. The number of phenols is 1. The van der Waals surface area contributed by atoms with Gasteiger partial charge in [-0.05, 0) is 34.1 Å². The lowest BCUT2D eigenvalue weighted by Gasteiger charge is -2.15. The number of phenolic OH excluding ortho intramolecular Hbond substituents is 1. The number of ether oxygens (including phenoxy) is 1. The molecule has 2 N–H and O–H groups in total. The number of benzene rings is 2. The van der Waals surface area contributed by atoms with E-state index >= 15 is 0 Å². The molecule has 0 radical (unpaired) electrons. The number of alkyl halides is 3. The lowest BCUT2D eigenvalue weighted by Crippen LogP contribution is -2.18. The topological polar surface area (TPSA) is 41.5 Å². The van der Waals surface area contributed by atoms with Gasteiger partial charge in [0.2, 0.25) is 0 Å². The molecule has 2 rings (SSSR count). The first-order valence-corrected chi connectivity index (χ1v) is 6.71.